The molecule has 0 aliphatic carbocycles. The van der Waals surface area contributed by atoms with Gasteiger partial charge < -0.3 is 19.5 Å². The Balaban J connectivity index is 2.22. The average molecular weight is 276 g/mol. The molecule has 0 radical (unpaired) electrons. The number of benzene rings is 1. The van der Waals surface area contributed by atoms with Crippen molar-refractivity contribution < 1.29 is 14.2 Å². The summed E-state index contributed by atoms with van der Waals surface area (Å²) in [6, 6.07) is 8.02. The van der Waals surface area contributed by atoms with Crippen LogP contribution in [-0.2, 0) is 6.54 Å². The molecule has 0 saturated carbocycles. The van der Waals surface area contributed by atoms with Crippen molar-refractivity contribution in [1.29, 1.82) is 0 Å². The molecule has 2 rings (SSSR count). The van der Waals surface area contributed by atoms with Crippen LogP contribution in [0.4, 0.5) is 0 Å². The van der Waals surface area contributed by atoms with E-state index in [0.29, 0.717) is 5.75 Å². The summed E-state index contributed by atoms with van der Waals surface area (Å²) >= 11 is 0. The number of methoxy groups -OCH3 is 2. The van der Waals surface area contributed by atoms with E-state index in [-0.39, 0.29) is 18.0 Å². The van der Waals surface area contributed by atoms with Crippen molar-refractivity contribution in [1.82, 2.24) is 20.3 Å². The normalized spacial score (nSPS) is 10.2. The zero-order valence-electron chi connectivity index (χ0n) is 11.6. The molecule has 0 saturated heterocycles. The molecule has 1 N–H and O–H groups in total. The first-order valence-electron chi connectivity index (χ1n) is 6.00. The number of rotatable bonds is 6. The van der Waals surface area contributed by atoms with Crippen molar-refractivity contribution in [3.8, 4) is 23.8 Å². The molecule has 1 aromatic carbocycles. The van der Waals surface area contributed by atoms with Gasteiger partial charge in [-0.15, -0.1) is 15.0 Å². The maximum absolute atomic E-state index is 5.60. The molecule has 0 aliphatic rings. The molecule has 0 spiro atoms. The number of nitrogens with zero attached hydrogens (tertiary/aromatic N) is 3. The smallest absolute Gasteiger partial charge is 0.331 e. The van der Waals surface area contributed by atoms with Crippen LogP contribution >= 0.6 is 0 Å². The van der Waals surface area contributed by atoms with Crippen molar-refractivity contribution in [3.63, 3.8) is 0 Å². The third kappa shape index (κ3) is 3.55. The van der Waals surface area contributed by atoms with Gasteiger partial charge in [-0.25, -0.2) is 0 Å². The Labute approximate surface area is 116 Å². The number of hydrogen-bond donors (Lipinski definition) is 1. The number of nitrogens with one attached hydrogen (secondary N) is 1. The Hall–Kier alpha value is -2.41. The van der Waals surface area contributed by atoms with Gasteiger partial charge in [0.25, 0.3) is 0 Å². The Bertz CT molecular complexity index is 555. The van der Waals surface area contributed by atoms with Gasteiger partial charge in [-0.05, 0) is 24.7 Å². The first-order valence-corrected chi connectivity index (χ1v) is 6.00. The fraction of sp³-hybridized carbons (Fsp3) is 0.308. The Morgan fingerprint density at radius 1 is 1.00 bits per heavy atom. The molecular formula is C13H16N4O3. The topological polar surface area (TPSA) is 78.4 Å². The Morgan fingerprint density at radius 2 is 1.65 bits per heavy atom. The van der Waals surface area contributed by atoms with Crippen LogP contribution in [0.5, 0.6) is 23.8 Å². The maximum atomic E-state index is 5.60. The van der Waals surface area contributed by atoms with Crippen molar-refractivity contribution in [2.45, 2.75) is 6.54 Å². The second kappa shape index (κ2) is 6.67. The second-order valence-corrected chi connectivity index (χ2v) is 3.87. The summed E-state index contributed by atoms with van der Waals surface area (Å²) in [6.45, 7) is 0.751. The molecule has 1 aromatic heterocycles. The SMILES string of the molecule is CNCc1cccc(Oc2nc(OC)nc(OC)n2)c1. The van der Waals surface area contributed by atoms with E-state index in [4.69, 9.17) is 14.2 Å². The minimum absolute atomic E-state index is 0.121. The lowest BCUT2D eigenvalue weighted by Gasteiger charge is -2.07. The summed E-state index contributed by atoms with van der Waals surface area (Å²) in [5, 5.41) is 3.07. The van der Waals surface area contributed by atoms with Gasteiger partial charge in [0.15, 0.2) is 0 Å². The van der Waals surface area contributed by atoms with E-state index in [2.05, 4.69) is 20.3 Å². The van der Waals surface area contributed by atoms with Gasteiger partial charge in [-0.2, -0.15) is 0 Å². The fourth-order valence-corrected chi connectivity index (χ4v) is 1.58. The molecule has 0 aliphatic heterocycles. The highest BCUT2D eigenvalue weighted by Gasteiger charge is 2.09. The Morgan fingerprint density at radius 3 is 2.25 bits per heavy atom. The molecule has 2 aromatic rings. The highest BCUT2D eigenvalue weighted by atomic mass is 16.5. The van der Waals surface area contributed by atoms with E-state index in [0.717, 1.165) is 12.1 Å². The van der Waals surface area contributed by atoms with Crippen LogP contribution in [0.15, 0.2) is 24.3 Å². The van der Waals surface area contributed by atoms with Crippen LogP contribution < -0.4 is 19.5 Å². The predicted octanol–water partition coefficient (Wildman–Crippen LogP) is 1.40. The van der Waals surface area contributed by atoms with E-state index in [1.54, 1.807) is 0 Å². The zero-order chi connectivity index (χ0) is 14.4. The quantitative estimate of drug-likeness (QED) is 0.854. The molecule has 106 valence electrons. The van der Waals surface area contributed by atoms with Gasteiger partial charge in [0.2, 0.25) is 0 Å². The molecule has 7 nitrogen and oxygen atoms in total. The van der Waals surface area contributed by atoms with E-state index < -0.39 is 0 Å². The molecule has 0 fully saturated rings. The van der Waals surface area contributed by atoms with Gasteiger partial charge in [0, 0.05) is 6.54 Å². The van der Waals surface area contributed by atoms with E-state index >= 15 is 0 Å². The standard InChI is InChI=1S/C13H16N4O3/c1-14-8-9-5-4-6-10(7-9)20-13-16-11(18-2)15-12(17-13)19-3/h4-7,14H,8H2,1-3H3. The van der Waals surface area contributed by atoms with Crippen LogP contribution in [0.2, 0.25) is 0 Å². The van der Waals surface area contributed by atoms with Crippen molar-refractivity contribution in [2.75, 3.05) is 21.3 Å². The summed E-state index contributed by atoms with van der Waals surface area (Å²) in [6.07, 6.45) is 0. The minimum atomic E-state index is 0.121. The molecule has 1 heterocycles. The highest BCUT2D eigenvalue weighted by molar-refractivity contribution is 5.30. The maximum Gasteiger partial charge on any atom is 0.331 e. The minimum Gasteiger partial charge on any atom is -0.467 e. The first-order chi connectivity index (χ1) is 9.75. The van der Waals surface area contributed by atoms with Crippen LogP contribution in [0.25, 0.3) is 0 Å². The lowest BCUT2D eigenvalue weighted by Crippen LogP contribution is -2.05. The van der Waals surface area contributed by atoms with Crippen molar-refractivity contribution >= 4 is 0 Å². The van der Waals surface area contributed by atoms with Crippen LogP contribution in [0.3, 0.4) is 0 Å². The van der Waals surface area contributed by atoms with Gasteiger partial charge in [0.05, 0.1) is 14.2 Å². The average Bonchev–Trinajstić information content (AvgIpc) is 2.47. The lowest BCUT2D eigenvalue weighted by molar-refractivity contribution is 0.320. The Kier molecular flexibility index (Phi) is 4.67. The molecule has 20 heavy (non-hydrogen) atoms. The zero-order valence-corrected chi connectivity index (χ0v) is 11.6. The monoisotopic (exact) mass is 276 g/mol. The van der Waals surface area contributed by atoms with Gasteiger partial charge in [-0.1, -0.05) is 12.1 Å². The summed E-state index contributed by atoms with van der Waals surface area (Å²) in [5.41, 5.74) is 1.10. The van der Waals surface area contributed by atoms with Gasteiger partial charge in [-0.3, -0.25) is 0 Å². The summed E-state index contributed by atoms with van der Waals surface area (Å²) < 4.78 is 15.5. The van der Waals surface area contributed by atoms with Gasteiger partial charge >= 0.3 is 18.0 Å². The molecule has 0 atom stereocenters. The third-order valence-electron chi connectivity index (χ3n) is 2.43. The van der Waals surface area contributed by atoms with Gasteiger partial charge in [0.1, 0.15) is 5.75 Å². The highest BCUT2D eigenvalue weighted by Crippen LogP contribution is 2.22. The summed E-state index contributed by atoms with van der Waals surface area (Å²) in [5.74, 6) is 0.632. The first kappa shape index (κ1) is 14.0. The third-order valence-corrected chi connectivity index (χ3v) is 2.43. The molecule has 7 heteroatoms. The van der Waals surface area contributed by atoms with Crippen LogP contribution in [0.1, 0.15) is 5.56 Å². The van der Waals surface area contributed by atoms with E-state index in [1.165, 1.54) is 14.2 Å². The molecule has 0 unspecified atom stereocenters. The van der Waals surface area contributed by atoms with Crippen molar-refractivity contribution in [2.24, 2.45) is 0 Å². The number of aromatic nitrogens is 3. The van der Waals surface area contributed by atoms with Crippen molar-refractivity contribution in [3.05, 3.63) is 29.8 Å². The largest absolute Gasteiger partial charge is 0.467 e. The molecular weight excluding hydrogens is 260 g/mol. The fourth-order valence-electron chi connectivity index (χ4n) is 1.58. The summed E-state index contributed by atoms with van der Waals surface area (Å²) in [7, 11) is 4.81. The van der Waals surface area contributed by atoms with E-state index in [1.807, 2.05) is 31.3 Å². The second-order valence-electron chi connectivity index (χ2n) is 3.87. The lowest BCUT2D eigenvalue weighted by atomic mass is 10.2. The van der Waals surface area contributed by atoms with Crippen LogP contribution in [0, 0.1) is 0 Å². The predicted molar refractivity (Wildman–Crippen MR) is 72.2 cm³/mol. The summed E-state index contributed by atoms with van der Waals surface area (Å²) in [4.78, 5) is 11.9. The molecule has 0 amide bonds. The van der Waals surface area contributed by atoms with Crippen LogP contribution in [-0.4, -0.2) is 36.2 Å². The number of ether oxygens (including phenoxy) is 3. The molecule has 0 bridgehead atoms. The number of hydrogen-bond acceptors (Lipinski definition) is 7. The van der Waals surface area contributed by atoms with E-state index in [9.17, 15) is 0 Å².